The number of nitrogens with one attached hydrogen (secondary N) is 1. The molecule has 0 fully saturated rings. The highest BCUT2D eigenvalue weighted by Gasteiger charge is 2.35. The Hall–Kier alpha value is -1.86. The Morgan fingerprint density at radius 3 is 2.86 bits per heavy atom. The van der Waals surface area contributed by atoms with Crippen molar-refractivity contribution in [1.29, 1.82) is 0 Å². The number of ether oxygens (including phenoxy) is 3. The average Bonchev–Trinajstić information content (AvgIpc) is 3.40. The first-order chi connectivity index (χ1) is 13.7. The minimum absolute atomic E-state index is 0.0937. The maximum Gasteiger partial charge on any atom is 0.231 e. The second-order valence-corrected chi connectivity index (χ2v) is 8.73. The van der Waals surface area contributed by atoms with Gasteiger partial charge < -0.3 is 19.2 Å². The maximum absolute atomic E-state index is 6.41. The smallest absolute Gasteiger partial charge is 0.231 e. The monoisotopic (exact) mass is 434 g/mol. The molecule has 3 heterocycles. The molecule has 0 amide bonds. The molecule has 5 nitrogen and oxygen atoms in total. The van der Waals surface area contributed by atoms with E-state index in [9.17, 15) is 0 Å². The van der Waals surface area contributed by atoms with Crippen molar-refractivity contribution in [2.24, 2.45) is 0 Å². The zero-order chi connectivity index (χ0) is 19.1. The summed E-state index contributed by atoms with van der Waals surface area (Å²) in [7, 11) is 0. The van der Waals surface area contributed by atoms with Crippen molar-refractivity contribution in [2.45, 2.75) is 29.3 Å². The third-order valence-corrected chi connectivity index (χ3v) is 6.72. The quantitative estimate of drug-likeness (QED) is 0.580. The Kier molecular flexibility index (Phi) is 4.88. The third kappa shape index (κ3) is 3.46. The molecule has 1 aromatic heterocycles. The van der Waals surface area contributed by atoms with Crippen LogP contribution in [0.4, 0.5) is 0 Å². The summed E-state index contributed by atoms with van der Waals surface area (Å²) in [6.45, 7) is 0.589. The molecule has 3 aromatic rings. The van der Waals surface area contributed by atoms with Gasteiger partial charge in [-0.3, -0.25) is 0 Å². The van der Waals surface area contributed by atoms with Crippen molar-refractivity contribution in [3.63, 3.8) is 0 Å². The lowest BCUT2D eigenvalue weighted by atomic mass is 10.0. The van der Waals surface area contributed by atoms with Crippen molar-refractivity contribution < 1.29 is 14.2 Å². The first kappa shape index (κ1) is 18.2. The molecule has 8 heteroatoms. The van der Waals surface area contributed by atoms with Crippen LogP contribution in [0.15, 0.2) is 47.6 Å². The Balaban J connectivity index is 1.39. The second-order valence-electron chi connectivity index (χ2n) is 6.61. The van der Waals surface area contributed by atoms with Crippen molar-refractivity contribution >= 4 is 35.0 Å². The van der Waals surface area contributed by atoms with Gasteiger partial charge in [0.25, 0.3) is 0 Å². The summed E-state index contributed by atoms with van der Waals surface area (Å²) in [5, 5.41) is 1.52. The Labute approximate surface area is 176 Å². The van der Waals surface area contributed by atoms with Crippen LogP contribution in [0.2, 0.25) is 10.0 Å². The molecule has 2 aliphatic heterocycles. The molecular formula is C20H16Cl2N2O3S. The standard InChI is InChI=1S/C20H16Cl2N2O3S/c21-12-1-2-13-17(6-12)28-18(8-19-23-3-4-24-19)20(13)25-9-11-5-15-16(7-14(11)22)27-10-26-15/h1-7,18,20H,8-10H2,(H,23,24)/t18-,20-/m0/s1. The van der Waals surface area contributed by atoms with Crippen LogP contribution in [0, 0.1) is 0 Å². The Morgan fingerprint density at radius 2 is 2.04 bits per heavy atom. The van der Waals surface area contributed by atoms with Crippen LogP contribution in [0.5, 0.6) is 11.5 Å². The topological polar surface area (TPSA) is 56.4 Å². The van der Waals surface area contributed by atoms with Crippen molar-refractivity contribution in [3.05, 3.63) is 69.7 Å². The summed E-state index contributed by atoms with van der Waals surface area (Å²) in [4.78, 5) is 8.68. The van der Waals surface area contributed by atoms with E-state index in [-0.39, 0.29) is 18.1 Å². The van der Waals surface area contributed by atoms with Crippen molar-refractivity contribution in [2.75, 3.05) is 6.79 Å². The zero-order valence-corrected chi connectivity index (χ0v) is 17.0. The molecule has 2 atom stereocenters. The molecule has 2 aliphatic rings. The van der Waals surface area contributed by atoms with Gasteiger partial charge in [0.15, 0.2) is 11.5 Å². The lowest BCUT2D eigenvalue weighted by Crippen LogP contribution is -2.17. The first-order valence-electron chi connectivity index (χ1n) is 8.81. The number of fused-ring (bicyclic) bond motifs is 2. The van der Waals surface area contributed by atoms with Crippen LogP contribution in [-0.4, -0.2) is 22.0 Å². The predicted molar refractivity (Wildman–Crippen MR) is 108 cm³/mol. The van der Waals surface area contributed by atoms with Gasteiger partial charge in [0.05, 0.1) is 17.7 Å². The zero-order valence-electron chi connectivity index (χ0n) is 14.7. The molecule has 2 aromatic carbocycles. The Morgan fingerprint density at radius 1 is 1.18 bits per heavy atom. The molecular weight excluding hydrogens is 419 g/mol. The summed E-state index contributed by atoms with van der Waals surface area (Å²) >= 11 is 14.4. The van der Waals surface area contributed by atoms with Crippen molar-refractivity contribution in [3.8, 4) is 11.5 Å². The molecule has 0 bridgehead atoms. The van der Waals surface area contributed by atoms with Gasteiger partial charge in [-0.05, 0) is 23.8 Å². The van der Waals surface area contributed by atoms with E-state index in [0.29, 0.717) is 23.1 Å². The molecule has 0 radical (unpaired) electrons. The van der Waals surface area contributed by atoms with Gasteiger partial charge in [-0.2, -0.15) is 0 Å². The molecule has 0 aliphatic carbocycles. The summed E-state index contributed by atoms with van der Waals surface area (Å²) in [5.74, 6) is 2.30. The number of hydrogen-bond acceptors (Lipinski definition) is 5. The van der Waals surface area contributed by atoms with Crippen LogP contribution < -0.4 is 9.47 Å². The SMILES string of the molecule is Clc1ccc2c(c1)S[C@@H](Cc1ncc[nH]1)[C@H]2OCc1cc2c(cc1Cl)OCO2. The number of nitrogens with zero attached hydrogens (tertiary/aromatic N) is 1. The number of imidazole rings is 1. The summed E-state index contributed by atoms with van der Waals surface area (Å²) in [6, 6.07) is 9.60. The fourth-order valence-corrected chi connectivity index (χ4v) is 5.34. The van der Waals surface area contributed by atoms with Gasteiger partial charge in [-0.1, -0.05) is 29.3 Å². The van der Waals surface area contributed by atoms with E-state index in [1.807, 2.05) is 30.5 Å². The lowest BCUT2D eigenvalue weighted by molar-refractivity contribution is 0.0391. The van der Waals surface area contributed by atoms with Crippen LogP contribution in [0.3, 0.4) is 0 Å². The van der Waals surface area contributed by atoms with Gasteiger partial charge >= 0.3 is 0 Å². The number of aromatic amines is 1. The first-order valence-corrected chi connectivity index (χ1v) is 10.4. The number of benzene rings is 2. The van der Waals surface area contributed by atoms with Gasteiger partial charge in [0, 0.05) is 45.6 Å². The highest BCUT2D eigenvalue weighted by atomic mass is 35.5. The number of rotatable bonds is 5. The normalized spacial score (nSPS) is 19.8. The van der Waals surface area contributed by atoms with E-state index in [1.54, 1.807) is 24.0 Å². The van der Waals surface area contributed by atoms with E-state index in [4.69, 9.17) is 37.4 Å². The van der Waals surface area contributed by atoms with E-state index >= 15 is 0 Å². The van der Waals surface area contributed by atoms with E-state index in [0.717, 1.165) is 33.3 Å². The highest BCUT2D eigenvalue weighted by molar-refractivity contribution is 8.00. The molecule has 1 N–H and O–H groups in total. The fraction of sp³-hybridized carbons (Fsp3) is 0.250. The number of aromatic nitrogens is 2. The van der Waals surface area contributed by atoms with Gasteiger partial charge in [0.2, 0.25) is 6.79 Å². The lowest BCUT2D eigenvalue weighted by Gasteiger charge is -2.20. The van der Waals surface area contributed by atoms with Gasteiger partial charge in [-0.15, -0.1) is 11.8 Å². The minimum atomic E-state index is -0.0937. The molecule has 28 heavy (non-hydrogen) atoms. The predicted octanol–water partition coefficient (Wildman–Crippen LogP) is 5.42. The van der Waals surface area contributed by atoms with Crippen LogP contribution in [-0.2, 0) is 17.8 Å². The fourth-order valence-electron chi connectivity index (χ4n) is 3.47. The second kappa shape index (κ2) is 7.52. The molecule has 5 rings (SSSR count). The van der Waals surface area contributed by atoms with E-state index in [2.05, 4.69) is 9.97 Å². The van der Waals surface area contributed by atoms with Gasteiger partial charge in [-0.25, -0.2) is 4.98 Å². The highest BCUT2D eigenvalue weighted by Crippen LogP contribution is 2.48. The number of thioether (sulfide) groups is 1. The molecule has 0 saturated heterocycles. The maximum atomic E-state index is 6.41. The molecule has 0 spiro atoms. The number of H-pyrrole nitrogens is 1. The molecule has 0 unspecified atom stereocenters. The molecule has 0 saturated carbocycles. The largest absolute Gasteiger partial charge is 0.454 e. The average molecular weight is 435 g/mol. The summed E-state index contributed by atoms with van der Waals surface area (Å²) in [5.41, 5.74) is 2.01. The van der Waals surface area contributed by atoms with Crippen LogP contribution in [0.1, 0.15) is 23.1 Å². The molecule has 144 valence electrons. The van der Waals surface area contributed by atoms with Gasteiger partial charge in [0.1, 0.15) is 5.82 Å². The van der Waals surface area contributed by atoms with Crippen LogP contribution >= 0.6 is 35.0 Å². The summed E-state index contributed by atoms with van der Waals surface area (Å²) < 4.78 is 17.2. The van der Waals surface area contributed by atoms with E-state index in [1.165, 1.54) is 0 Å². The Bertz CT molecular complexity index is 1010. The van der Waals surface area contributed by atoms with E-state index < -0.39 is 0 Å². The number of halogens is 2. The van der Waals surface area contributed by atoms with Crippen LogP contribution in [0.25, 0.3) is 0 Å². The minimum Gasteiger partial charge on any atom is -0.454 e. The van der Waals surface area contributed by atoms with Crippen molar-refractivity contribution in [1.82, 2.24) is 9.97 Å². The number of hydrogen-bond donors (Lipinski definition) is 1. The summed E-state index contributed by atoms with van der Waals surface area (Å²) in [6.07, 6.45) is 4.27. The third-order valence-electron chi connectivity index (χ3n) is 4.81.